The summed E-state index contributed by atoms with van der Waals surface area (Å²) in [4.78, 5) is 21.0. The van der Waals surface area contributed by atoms with E-state index in [1.165, 1.54) is 7.11 Å². The number of carbonyl (C=O) groups excluding carboxylic acids is 1. The minimum Gasteiger partial charge on any atom is -0.464 e. The largest absolute Gasteiger partial charge is 0.464 e. The molecule has 0 radical (unpaired) electrons. The molecule has 0 N–H and O–H groups in total. The lowest BCUT2D eigenvalue weighted by atomic mass is 10.2. The van der Waals surface area contributed by atoms with Crippen molar-refractivity contribution in [3.63, 3.8) is 0 Å². The van der Waals surface area contributed by atoms with Gasteiger partial charge in [-0.25, -0.2) is 4.79 Å². The summed E-state index contributed by atoms with van der Waals surface area (Å²) in [6.45, 7) is -0.134. The second-order valence-corrected chi connectivity index (χ2v) is 3.14. The summed E-state index contributed by atoms with van der Waals surface area (Å²) >= 11 is 0. The fraction of sp³-hybridized carbons (Fsp3) is 0.444. The first-order chi connectivity index (χ1) is 7.04. The van der Waals surface area contributed by atoms with E-state index in [1.807, 2.05) is 0 Å². The Labute approximate surface area is 86.6 Å². The van der Waals surface area contributed by atoms with Gasteiger partial charge in [0.1, 0.15) is 5.69 Å². The monoisotopic (exact) mass is 212 g/mol. The summed E-state index contributed by atoms with van der Waals surface area (Å²) in [5.41, 5.74) is 1.16. The van der Waals surface area contributed by atoms with Crippen LogP contribution in [-0.4, -0.2) is 29.1 Å². The van der Waals surface area contributed by atoms with Gasteiger partial charge in [-0.3, -0.25) is 10.1 Å². The van der Waals surface area contributed by atoms with Crippen molar-refractivity contribution in [1.82, 2.24) is 4.57 Å². The zero-order chi connectivity index (χ0) is 11.4. The predicted molar refractivity (Wildman–Crippen MR) is 52.3 cm³/mol. The molecular formula is C9H12N2O4. The van der Waals surface area contributed by atoms with Crippen molar-refractivity contribution in [2.75, 3.05) is 13.7 Å². The van der Waals surface area contributed by atoms with E-state index in [9.17, 15) is 14.9 Å². The fourth-order valence-corrected chi connectivity index (χ4v) is 1.30. The van der Waals surface area contributed by atoms with Crippen LogP contribution in [0.25, 0.3) is 0 Å². The van der Waals surface area contributed by atoms with Crippen LogP contribution in [0.5, 0.6) is 0 Å². The number of nitro groups is 1. The van der Waals surface area contributed by atoms with Gasteiger partial charge in [-0.15, -0.1) is 0 Å². The third-order valence-electron chi connectivity index (χ3n) is 2.04. The highest BCUT2D eigenvalue weighted by Gasteiger charge is 2.12. The maximum atomic E-state index is 11.2. The second kappa shape index (κ2) is 4.59. The van der Waals surface area contributed by atoms with Crippen LogP contribution in [0.4, 0.5) is 0 Å². The molecule has 1 aromatic heterocycles. The zero-order valence-electron chi connectivity index (χ0n) is 8.60. The molecule has 1 aromatic rings. The van der Waals surface area contributed by atoms with Gasteiger partial charge in [0.15, 0.2) is 0 Å². The van der Waals surface area contributed by atoms with Crippen LogP contribution in [-0.2, 0) is 18.2 Å². The zero-order valence-corrected chi connectivity index (χ0v) is 8.60. The molecule has 6 heteroatoms. The van der Waals surface area contributed by atoms with E-state index in [-0.39, 0.29) is 11.5 Å². The predicted octanol–water partition coefficient (Wildman–Crippen LogP) is 0.631. The number of esters is 1. The van der Waals surface area contributed by atoms with Crippen molar-refractivity contribution in [3.8, 4) is 0 Å². The Morgan fingerprint density at radius 1 is 1.67 bits per heavy atom. The molecule has 15 heavy (non-hydrogen) atoms. The average molecular weight is 212 g/mol. The highest BCUT2D eigenvalue weighted by Crippen LogP contribution is 2.09. The smallest absolute Gasteiger partial charge is 0.354 e. The van der Waals surface area contributed by atoms with Gasteiger partial charge >= 0.3 is 5.97 Å². The number of ether oxygens (including phenoxy) is 1. The Morgan fingerprint density at radius 3 is 2.87 bits per heavy atom. The van der Waals surface area contributed by atoms with E-state index in [2.05, 4.69) is 4.74 Å². The summed E-state index contributed by atoms with van der Waals surface area (Å²) in [6, 6.07) is 1.61. The van der Waals surface area contributed by atoms with Gasteiger partial charge in [-0.05, 0) is 11.6 Å². The molecule has 0 bridgehead atoms. The van der Waals surface area contributed by atoms with Gasteiger partial charge in [0.05, 0.1) is 7.11 Å². The van der Waals surface area contributed by atoms with Crippen LogP contribution in [0.3, 0.4) is 0 Å². The number of carbonyl (C=O) groups is 1. The van der Waals surface area contributed by atoms with Crippen molar-refractivity contribution >= 4 is 5.97 Å². The lowest BCUT2D eigenvalue weighted by molar-refractivity contribution is -0.479. The maximum absolute atomic E-state index is 11.2. The number of aryl methyl sites for hydroxylation is 1. The molecule has 1 rings (SSSR count). The molecule has 0 unspecified atom stereocenters. The number of rotatable bonds is 4. The van der Waals surface area contributed by atoms with Gasteiger partial charge in [0.25, 0.3) is 0 Å². The Kier molecular flexibility index (Phi) is 3.43. The minimum atomic E-state index is -0.440. The van der Waals surface area contributed by atoms with E-state index in [0.717, 1.165) is 5.56 Å². The van der Waals surface area contributed by atoms with E-state index >= 15 is 0 Å². The summed E-state index contributed by atoms with van der Waals surface area (Å²) in [6.07, 6.45) is 2.01. The molecule has 0 aliphatic carbocycles. The van der Waals surface area contributed by atoms with Crippen molar-refractivity contribution in [2.24, 2.45) is 7.05 Å². The molecule has 0 spiro atoms. The Balaban J connectivity index is 2.76. The molecule has 0 aliphatic rings. The highest BCUT2D eigenvalue weighted by atomic mass is 16.6. The van der Waals surface area contributed by atoms with Gasteiger partial charge in [-0.1, -0.05) is 0 Å². The first kappa shape index (κ1) is 11.2. The second-order valence-electron chi connectivity index (χ2n) is 3.14. The van der Waals surface area contributed by atoms with Crippen molar-refractivity contribution in [1.29, 1.82) is 0 Å². The molecule has 0 fully saturated rings. The van der Waals surface area contributed by atoms with Crippen LogP contribution in [0.1, 0.15) is 16.1 Å². The van der Waals surface area contributed by atoms with Crippen LogP contribution in [0, 0.1) is 10.1 Å². The Morgan fingerprint density at radius 2 is 2.33 bits per heavy atom. The topological polar surface area (TPSA) is 74.4 Å². The van der Waals surface area contributed by atoms with Crippen LogP contribution in [0.15, 0.2) is 12.3 Å². The van der Waals surface area contributed by atoms with Crippen LogP contribution >= 0.6 is 0 Å². The maximum Gasteiger partial charge on any atom is 0.354 e. The standard InChI is InChI=1S/C9H12N2O4/c1-10-6-7(3-4-11(13)14)5-8(10)9(12)15-2/h5-6H,3-4H2,1-2H3. The molecule has 0 saturated heterocycles. The summed E-state index contributed by atoms with van der Waals surface area (Å²) in [5.74, 6) is -0.440. The summed E-state index contributed by atoms with van der Waals surface area (Å²) in [7, 11) is 2.99. The van der Waals surface area contributed by atoms with Crippen LogP contribution in [0.2, 0.25) is 0 Å². The Hall–Kier alpha value is -1.85. The van der Waals surface area contributed by atoms with E-state index in [1.54, 1.807) is 23.9 Å². The Bertz CT molecular complexity index is 383. The molecule has 82 valence electrons. The summed E-state index contributed by atoms with van der Waals surface area (Å²) in [5, 5.41) is 10.2. The normalized spacial score (nSPS) is 10.0. The number of hydrogen-bond acceptors (Lipinski definition) is 4. The fourth-order valence-electron chi connectivity index (χ4n) is 1.30. The van der Waals surface area contributed by atoms with Gasteiger partial charge in [-0.2, -0.15) is 0 Å². The van der Waals surface area contributed by atoms with E-state index < -0.39 is 5.97 Å². The third kappa shape index (κ3) is 2.80. The van der Waals surface area contributed by atoms with Gasteiger partial charge in [0, 0.05) is 24.6 Å². The minimum absolute atomic E-state index is 0.134. The van der Waals surface area contributed by atoms with Crippen LogP contribution < -0.4 is 0 Å². The van der Waals surface area contributed by atoms with E-state index in [4.69, 9.17) is 0 Å². The molecule has 0 aromatic carbocycles. The number of hydrogen-bond donors (Lipinski definition) is 0. The molecule has 0 atom stereocenters. The summed E-state index contributed by atoms with van der Waals surface area (Å²) < 4.78 is 6.16. The molecule has 1 heterocycles. The molecule has 0 amide bonds. The first-order valence-electron chi connectivity index (χ1n) is 4.40. The number of nitrogens with zero attached hydrogens (tertiary/aromatic N) is 2. The quantitative estimate of drug-likeness (QED) is 0.417. The molecular weight excluding hydrogens is 200 g/mol. The van der Waals surface area contributed by atoms with E-state index in [0.29, 0.717) is 12.1 Å². The third-order valence-corrected chi connectivity index (χ3v) is 2.04. The number of aromatic nitrogens is 1. The SMILES string of the molecule is COC(=O)c1cc(CC[N+](=O)[O-])cn1C. The van der Waals surface area contributed by atoms with Crippen molar-refractivity contribution in [2.45, 2.75) is 6.42 Å². The molecule has 6 nitrogen and oxygen atoms in total. The molecule has 0 aliphatic heterocycles. The first-order valence-corrected chi connectivity index (χ1v) is 4.40. The lowest BCUT2D eigenvalue weighted by Gasteiger charge is -1.98. The van der Waals surface area contributed by atoms with Gasteiger partial charge in [0.2, 0.25) is 6.54 Å². The lowest BCUT2D eigenvalue weighted by Crippen LogP contribution is -2.06. The highest BCUT2D eigenvalue weighted by molar-refractivity contribution is 5.87. The van der Waals surface area contributed by atoms with Gasteiger partial charge < -0.3 is 9.30 Å². The molecule has 0 saturated carbocycles. The number of methoxy groups -OCH3 is 1. The van der Waals surface area contributed by atoms with Crippen molar-refractivity contribution in [3.05, 3.63) is 33.6 Å². The average Bonchev–Trinajstić information content (AvgIpc) is 2.55. The van der Waals surface area contributed by atoms with Crippen molar-refractivity contribution < 1.29 is 14.5 Å².